The van der Waals surface area contributed by atoms with Crippen molar-refractivity contribution in [3.05, 3.63) is 42.0 Å². The van der Waals surface area contributed by atoms with Gasteiger partial charge in [0.2, 0.25) is 0 Å². The zero-order chi connectivity index (χ0) is 15.7. The van der Waals surface area contributed by atoms with Crippen LogP contribution >= 0.6 is 0 Å². The Bertz CT molecular complexity index is 754. The highest BCUT2D eigenvalue weighted by Crippen LogP contribution is 2.27. The fourth-order valence-electron chi connectivity index (χ4n) is 2.46. The first kappa shape index (κ1) is 14.2. The highest BCUT2D eigenvalue weighted by Gasteiger charge is 2.18. The number of aryl methyl sites for hydroxylation is 1. The molecule has 0 bridgehead atoms. The smallest absolute Gasteiger partial charge is 0.407 e. The topological polar surface area (TPSA) is 71.2 Å². The van der Waals surface area contributed by atoms with Gasteiger partial charge in [0, 0.05) is 20.1 Å². The summed E-state index contributed by atoms with van der Waals surface area (Å²) >= 11 is 0. The molecule has 7 heteroatoms. The molecule has 1 aromatic carbocycles. The second kappa shape index (κ2) is 5.59. The van der Waals surface area contributed by atoms with Crippen molar-refractivity contribution < 1.29 is 14.3 Å². The van der Waals surface area contributed by atoms with E-state index < -0.39 is 6.09 Å². The molecule has 0 spiro atoms. The average molecular weight is 302 g/mol. The molecule has 1 amide bonds. The predicted octanol–water partition coefficient (Wildman–Crippen LogP) is 2.39. The van der Waals surface area contributed by atoms with E-state index in [0.717, 1.165) is 11.1 Å². The second-order valence-corrected chi connectivity index (χ2v) is 5.14. The zero-order valence-electron chi connectivity index (χ0n) is 12.0. The molecule has 114 valence electrons. The number of carboxylic acid groups (broad SMARTS) is 1. The van der Waals surface area contributed by atoms with Crippen LogP contribution in [-0.4, -0.2) is 44.0 Å². The third-order valence-corrected chi connectivity index (χ3v) is 3.66. The normalized spacial score (nSPS) is 14.8. The van der Waals surface area contributed by atoms with Crippen molar-refractivity contribution in [3.63, 3.8) is 0 Å². The van der Waals surface area contributed by atoms with Crippen LogP contribution < -0.4 is 0 Å². The molecular weight excluding hydrogens is 287 g/mol. The molecule has 2 aromatic rings. The van der Waals surface area contributed by atoms with Crippen LogP contribution in [0.1, 0.15) is 12.0 Å². The van der Waals surface area contributed by atoms with Crippen molar-refractivity contribution in [2.45, 2.75) is 6.42 Å². The van der Waals surface area contributed by atoms with Gasteiger partial charge < -0.3 is 10.0 Å². The minimum Gasteiger partial charge on any atom is -0.465 e. The standard InChI is InChI=1S/C15H15FN4O2/c1-19-9-17-14(18-19)12-3-2-11(8-13(12)16)10-4-6-20(7-5-10)15(21)22/h2-4,8-9H,5-7H2,1H3,(H,21,22). The molecule has 6 nitrogen and oxygen atoms in total. The van der Waals surface area contributed by atoms with Crippen LogP contribution in [0.4, 0.5) is 9.18 Å². The first-order valence-corrected chi connectivity index (χ1v) is 6.87. The highest BCUT2D eigenvalue weighted by molar-refractivity contribution is 5.72. The molecule has 0 saturated carbocycles. The summed E-state index contributed by atoms with van der Waals surface area (Å²) in [6.07, 6.45) is 2.99. The highest BCUT2D eigenvalue weighted by atomic mass is 19.1. The molecule has 22 heavy (non-hydrogen) atoms. The van der Waals surface area contributed by atoms with E-state index in [9.17, 15) is 9.18 Å². The van der Waals surface area contributed by atoms with Gasteiger partial charge in [-0.15, -0.1) is 0 Å². The molecule has 0 radical (unpaired) electrons. The summed E-state index contributed by atoms with van der Waals surface area (Å²) in [6, 6.07) is 4.93. The number of nitrogens with zero attached hydrogens (tertiary/aromatic N) is 4. The second-order valence-electron chi connectivity index (χ2n) is 5.14. The number of hydrogen-bond acceptors (Lipinski definition) is 3. The Labute approximate surface area is 126 Å². The number of aromatic nitrogens is 3. The Kier molecular flexibility index (Phi) is 3.62. The van der Waals surface area contributed by atoms with Crippen molar-refractivity contribution in [3.8, 4) is 11.4 Å². The van der Waals surface area contributed by atoms with Crippen LogP contribution in [0.15, 0.2) is 30.6 Å². The summed E-state index contributed by atoms with van der Waals surface area (Å²) in [5.74, 6) is -0.0357. The van der Waals surface area contributed by atoms with Crippen LogP contribution in [-0.2, 0) is 7.05 Å². The largest absolute Gasteiger partial charge is 0.465 e. The van der Waals surface area contributed by atoms with E-state index in [1.54, 1.807) is 13.1 Å². The van der Waals surface area contributed by atoms with Crippen LogP contribution in [0.5, 0.6) is 0 Å². The van der Waals surface area contributed by atoms with Crippen molar-refractivity contribution in [1.29, 1.82) is 0 Å². The minimum absolute atomic E-state index is 0.329. The first-order chi connectivity index (χ1) is 10.5. The maximum Gasteiger partial charge on any atom is 0.407 e. The van der Waals surface area contributed by atoms with Gasteiger partial charge in [0.15, 0.2) is 5.82 Å². The Morgan fingerprint density at radius 2 is 2.23 bits per heavy atom. The van der Waals surface area contributed by atoms with E-state index in [-0.39, 0.29) is 5.82 Å². The lowest BCUT2D eigenvalue weighted by Crippen LogP contribution is -2.33. The number of carbonyl (C=O) groups is 1. The van der Waals surface area contributed by atoms with E-state index in [1.807, 2.05) is 12.1 Å². The van der Waals surface area contributed by atoms with E-state index in [0.29, 0.717) is 30.9 Å². The lowest BCUT2D eigenvalue weighted by molar-refractivity contribution is 0.150. The summed E-state index contributed by atoms with van der Waals surface area (Å²) in [5.41, 5.74) is 2.08. The number of halogens is 1. The van der Waals surface area contributed by atoms with E-state index >= 15 is 0 Å². The van der Waals surface area contributed by atoms with Crippen molar-refractivity contribution in [2.24, 2.45) is 7.05 Å². The zero-order valence-corrected chi connectivity index (χ0v) is 12.0. The maximum absolute atomic E-state index is 14.3. The van der Waals surface area contributed by atoms with Gasteiger partial charge in [0.1, 0.15) is 12.1 Å². The number of amides is 1. The molecule has 0 saturated heterocycles. The number of rotatable bonds is 2. The lowest BCUT2D eigenvalue weighted by atomic mass is 9.98. The van der Waals surface area contributed by atoms with Gasteiger partial charge in [-0.25, -0.2) is 14.2 Å². The summed E-state index contributed by atoms with van der Waals surface area (Å²) in [6.45, 7) is 0.752. The SMILES string of the molecule is Cn1cnc(-c2ccc(C3=CCN(C(=O)O)CC3)cc2F)n1. The Hall–Kier alpha value is -2.70. The summed E-state index contributed by atoms with van der Waals surface area (Å²) in [5, 5.41) is 13.0. The maximum atomic E-state index is 14.3. The number of benzene rings is 1. The van der Waals surface area contributed by atoms with Gasteiger partial charge in [-0.2, -0.15) is 5.10 Å². The van der Waals surface area contributed by atoms with Crippen molar-refractivity contribution in [1.82, 2.24) is 19.7 Å². The van der Waals surface area contributed by atoms with Gasteiger partial charge in [-0.1, -0.05) is 12.1 Å². The molecule has 2 heterocycles. The van der Waals surface area contributed by atoms with Crippen molar-refractivity contribution >= 4 is 11.7 Å². The molecule has 0 unspecified atom stereocenters. The van der Waals surface area contributed by atoms with E-state index in [2.05, 4.69) is 10.1 Å². The molecule has 3 rings (SSSR count). The molecular formula is C15H15FN4O2. The van der Waals surface area contributed by atoms with E-state index in [4.69, 9.17) is 5.11 Å². The molecule has 0 fully saturated rings. The Morgan fingerprint density at radius 3 is 2.77 bits per heavy atom. The third kappa shape index (κ3) is 2.69. The number of hydrogen-bond donors (Lipinski definition) is 1. The monoisotopic (exact) mass is 302 g/mol. The Morgan fingerprint density at radius 1 is 1.41 bits per heavy atom. The van der Waals surface area contributed by atoms with Gasteiger partial charge in [0.05, 0.1) is 5.56 Å². The first-order valence-electron chi connectivity index (χ1n) is 6.87. The van der Waals surface area contributed by atoms with Gasteiger partial charge in [-0.3, -0.25) is 4.68 Å². The molecule has 1 N–H and O–H groups in total. The minimum atomic E-state index is -0.932. The molecule has 1 aliphatic heterocycles. The van der Waals surface area contributed by atoms with Crippen LogP contribution in [0.3, 0.4) is 0 Å². The van der Waals surface area contributed by atoms with Gasteiger partial charge in [0.25, 0.3) is 0 Å². The summed E-state index contributed by atoms with van der Waals surface area (Å²) in [4.78, 5) is 16.2. The fourth-order valence-corrected chi connectivity index (χ4v) is 2.46. The predicted molar refractivity (Wildman–Crippen MR) is 78.6 cm³/mol. The lowest BCUT2D eigenvalue weighted by Gasteiger charge is -2.23. The molecule has 1 aromatic heterocycles. The summed E-state index contributed by atoms with van der Waals surface area (Å²) in [7, 11) is 1.73. The average Bonchev–Trinajstić information content (AvgIpc) is 2.93. The quantitative estimate of drug-likeness (QED) is 0.924. The van der Waals surface area contributed by atoms with Crippen molar-refractivity contribution in [2.75, 3.05) is 13.1 Å². The summed E-state index contributed by atoms with van der Waals surface area (Å²) < 4.78 is 15.8. The molecule has 0 atom stereocenters. The van der Waals surface area contributed by atoms with Gasteiger partial charge in [-0.05, 0) is 29.7 Å². The van der Waals surface area contributed by atoms with Gasteiger partial charge >= 0.3 is 6.09 Å². The fraction of sp³-hybridized carbons (Fsp3) is 0.267. The van der Waals surface area contributed by atoms with Crippen LogP contribution in [0.2, 0.25) is 0 Å². The van der Waals surface area contributed by atoms with Crippen LogP contribution in [0, 0.1) is 5.82 Å². The third-order valence-electron chi connectivity index (χ3n) is 3.66. The molecule has 0 aliphatic carbocycles. The molecule has 1 aliphatic rings. The van der Waals surface area contributed by atoms with Crippen LogP contribution in [0.25, 0.3) is 17.0 Å². The van der Waals surface area contributed by atoms with E-state index in [1.165, 1.54) is 22.0 Å². The Balaban J connectivity index is 1.85.